The molecule has 96 valence electrons. The number of nitrogens with zero attached hydrogens (tertiary/aromatic N) is 1. The Morgan fingerprint density at radius 3 is 2.31 bits per heavy atom. The fourth-order valence-electron chi connectivity index (χ4n) is 2.34. The Morgan fingerprint density at radius 2 is 1.81 bits per heavy atom. The summed E-state index contributed by atoms with van der Waals surface area (Å²) < 4.78 is 0. The summed E-state index contributed by atoms with van der Waals surface area (Å²) in [4.78, 5) is 2.42. The van der Waals surface area contributed by atoms with Crippen LogP contribution in [0, 0.1) is 11.8 Å². The van der Waals surface area contributed by atoms with Crippen LogP contribution in [-0.4, -0.2) is 51.2 Å². The van der Waals surface area contributed by atoms with Gasteiger partial charge in [0.05, 0.1) is 0 Å². The van der Waals surface area contributed by atoms with Crippen molar-refractivity contribution in [3.05, 3.63) is 0 Å². The zero-order valence-corrected chi connectivity index (χ0v) is 11.4. The highest BCUT2D eigenvalue weighted by atomic mass is 15.1. The van der Waals surface area contributed by atoms with E-state index in [1.54, 1.807) is 0 Å². The SMILES string of the molecule is CNCC(CNC1CCN(C)CC1)C(C)C. The Kier molecular flexibility index (Phi) is 6.32. The van der Waals surface area contributed by atoms with E-state index in [0.29, 0.717) is 0 Å². The molecule has 1 saturated heterocycles. The summed E-state index contributed by atoms with van der Waals surface area (Å²) >= 11 is 0. The van der Waals surface area contributed by atoms with Crippen LogP contribution in [0.1, 0.15) is 26.7 Å². The van der Waals surface area contributed by atoms with Crippen molar-refractivity contribution in [1.82, 2.24) is 15.5 Å². The van der Waals surface area contributed by atoms with Gasteiger partial charge in [0.1, 0.15) is 0 Å². The van der Waals surface area contributed by atoms with Crippen LogP contribution in [0.15, 0.2) is 0 Å². The average molecular weight is 227 g/mol. The molecule has 1 aliphatic heterocycles. The number of rotatable bonds is 6. The van der Waals surface area contributed by atoms with Gasteiger partial charge < -0.3 is 15.5 Å². The highest BCUT2D eigenvalue weighted by Crippen LogP contribution is 2.12. The van der Waals surface area contributed by atoms with Crippen molar-refractivity contribution in [3.63, 3.8) is 0 Å². The van der Waals surface area contributed by atoms with Crippen molar-refractivity contribution >= 4 is 0 Å². The summed E-state index contributed by atoms with van der Waals surface area (Å²) in [6, 6.07) is 0.745. The predicted octanol–water partition coefficient (Wildman–Crippen LogP) is 1.16. The number of piperidine rings is 1. The molecule has 0 aromatic rings. The molecule has 0 saturated carbocycles. The normalized spacial score (nSPS) is 21.6. The van der Waals surface area contributed by atoms with Crippen molar-refractivity contribution in [2.24, 2.45) is 11.8 Å². The van der Waals surface area contributed by atoms with Crippen LogP contribution in [0.25, 0.3) is 0 Å². The quantitative estimate of drug-likeness (QED) is 0.713. The summed E-state index contributed by atoms with van der Waals surface area (Å²) in [6.45, 7) is 9.41. The Labute approximate surface area is 101 Å². The van der Waals surface area contributed by atoms with E-state index in [1.165, 1.54) is 25.9 Å². The van der Waals surface area contributed by atoms with Crippen LogP contribution < -0.4 is 10.6 Å². The van der Waals surface area contributed by atoms with Gasteiger partial charge in [0.2, 0.25) is 0 Å². The predicted molar refractivity (Wildman–Crippen MR) is 70.8 cm³/mol. The van der Waals surface area contributed by atoms with Gasteiger partial charge in [-0.2, -0.15) is 0 Å². The molecule has 16 heavy (non-hydrogen) atoms. The lowest BCUT2D eigenvalue weighted by Crippen LogP contribution is -2.44. The minimum atomic E-state index is 0.745. The van der Waals surface area contributed by atoms with E-state index in [1.807, 2.05) is 7.05 Å². The van der Waals surface area contributed by atoms with E-state index in [2.05, 4.69) is 36.4 Å². The summed E-state index contributed by atoms with van der Waals surface area (Å²) in [7, 11) is 4.26. The molecule has 0 spiro atoms. The minimum absolute atomic E-state index is 0.745. The van der Waals surface area contributed by atoms with Crippen LogP contribution in [0.2, 0.25) is 0 Å². The first-order chi connectivity index (χ1) is 7.63. The third kappa shape index (κ3) is 4.81. The second kappa shape index (κ2) is 7.25. The lowest BCUT2D eigenvalue weighted by Gasteiger charge is -2.31. The fraction of sp³-hybridized carbons (Fsp3) is 1.00. The Bertz CT molecular complexity index is 174. The van der Waals surface area contributed by atoms with Crippen LogP contribution >= 0.6 is 0 Å². The third-order valence-corrected chi connectivity index (χ3v) is 3.80. The number of hydrogen-bond donors (Lipinski definition) is 2. The topological polar surface area (TPSA) is 27.3 Å². The maximum Gasteiger partial charge on any atom is 0.00915 e. The van der Waals surface area contributed by atoms with Crippen molar-refractivity contribution in [1.29, 1.82) is 0 Å². The van der Waals surface area contributed by atoms with E-state index in [-0.39, 0.29) is 0 Å². The molecule has 0 aromatic carbocycles. The largest absolute Gasteiger partial charge is 0.319 e. The zero-order valence-electron chi connectivity index (χ0n) is 11.4. The maximum absolute atomic E-state index is 3.74. The molecule has 3 heteroatoms. The molecular formula is C13H29N3. The molecule has 1 aliphatic rings. The first kappa shape index (κ1) is 13.9. The van der Waals surface area contributed by atoms with Crippen molar-refractivity contribution < 1.29 is 0 Å². The molecular weight excluding hydrogens is 198 g/mol. The number of hydrogen-bond acceptors (Lipinski definition) is 3. The fourth-order valence-corrected chi connectivity index (χ4v) is 2.34. The molecule has 1 heterocycles. The molecule has 2 N–H and O–H groups in total. The van der Waals surface area contributed by atoms with Gasteiger partial charge in [0.25, 0.3) is 0 Å². The first-order valence-corrected chi connectivity index (χ1v) is 6.70. The Hall–Kier alpha value is -0.120. The molecule has 1 atom stereocenters. The van der Waals surface area contributed by atoms with Gasteiger partial charge in [0.15, 0.2) is 0 Å². The van der Waals surface area contributed by atoms with Crippen LogP contribution in [0.4, 0.5) is 0 Å². The zero-order chi connectivity index (χ0) is 12.0. The molecule has 0 aliphatic carbocycles. The molecule has 0 aromatic heterocycles. The second-order valence-corrected chi connectivity index (χ2v) is 5.55. The van der Waals surface area contributed by atoms with Crippen molar-refractivity contribution in [2.45, 2.75) is 32.7 Å². The summed E-state index contributed by atoms with van der Waals surface area (Å²) in [6.07, 6.45) is 2.61. The lowest BCUT2D eigenvalue weighted by molar-refractivity contribution is 0.223. The molecule has 0 bridgehead atoms. The summed E-state index contributed by atoms with van der Waals surface area (Å²) in [5.41, 5.74) is 0. The molecule has 1 unspecified atom stereocenters. The monoisotopic (exact) mass is 227 g/mol. The lowest BCUT2D eigenvalue weighted by atomic mass is 9.94. The van der Waals surface area contributed by atoms with E-state index in [4.69, 9.17) is 0 Å². The Balaban J connectivity index is 2.21. The second-order valence-electron chi connectivity index (χ2n) is 5.55. The van der Waals surface area contributed by atoms with Gasteiger partial charge in [-0.3, -0.25) is 0 Å². The summed E-state index contributed by atoms with van der Waals surface area (Å²) in [5, 5.41) is 7.04. The average Bonchev–Trinajstić information content (AvgIpc) is 2.26. The molecule has 3 nitrogen and oxygen atoms in total. The van der Waals surface area contributed by atoms with E-state index < -0.39 is 0 Å². The van der Waals surface area contributed by atoms with Gasteiger partial charge >= 0.3 is 0 Å². The van der Waals surface area contributed by atoms with E-state index in [9.17, 15) is 0 Å². The molecule has 0 radical (unpaired) electrons. The van der Waals surface area contributed by atoms with Crippen molar-refractivity contribution in [3.8, 4) is 0 Å². The third-order valence-electron chi connectivity index (χ3n) is 3.80. The van der Waals surface area contributed by atoms with Gasteiger partial charge in [-0.25, -0.2) is 0 Å². The number of likely N-dealkylation sites (tertiary alicyclic amines) is 1. The van der Waals surface area contributed by atoms with Gasteiger partial charge in [-0.1, -0.05) is 13.8 Å². The van der Waals surface area contributed by atoms with Crippen LogP contribution in [-0.2, 0) is 0 Å². The van der Waals surface area contributed by atoms with E-state index in [0.717, 1.165) is 31.0 Å². The smallest absolute Gasteiger partial charge is 0.00915 e. The highest BCUT2D eigenvalue weighted by Gasteiger charge is 2.18. The molecule has 1 fully saturated rings. The summed E-state index contributed by atoms with van der Waals surface area (Å²) in [5.74, 6) is 1.51. The molecule has 0 amide bonds. The van der Waals surface area contributed by atoms with Gasteiger partial charge in [-0.15, -0.1) is 0 Å². The highest BCUT2D eigenvalue weighted by molar-refractivity contribution is 4.77. The molecule has 1 rings (SSSR count). The standard InChI is InChI=1S/C13H29N3/c1-11(2)12(9-14-3)10-15-13-5-7-16(4)8-6-13/h11-15H,5-10H2,1-4H3. The van der Waals surface area contributed by atoms with E-state index >= 15 is 0 Å². The Morgan fingerprint density at radius 1 is 1.19 bits per heavy atom. The van der Waals surface area contributed by atoms with Crippen LogP contribution in [0.3, 0.4) is 0 Å². The van der Waals surface area contributed by atoms with Gasteiger partial charge in [-0.05, 0) is 65.0 Å². The minimum Gasteiger partial charge on any atom is -0.319 e. The number of nitrogens with one attached hydrogen (secondary N) is 2. The maximum atomic E-state index is 3.74. The van der Waals surface area contributed by atoms with Crippen LogP contribution in [0.5, 0.6) is 0 Å². The van der Waals surface area contributed by atoms with Gasteiger partial charge in [0, 0.05) is 6.04 Å². The van der Waals surface area contributed by atoms with Crippen molar-refractivity contribution in [2.75, 3.05) is 40.3 Å². The first-order valence-electron chi connectivity index (χ1n) is 6.70.